The third-order valence-electron chi connectivity index (χ3n) is 4.41. The molecule has 0 radical (unpaired) electrons. The minimum Gasteiger partial charge on any atom is -0.452 e. The van der Waals surface area contributed by atoms with Crippen molar-refractivity contribution in [2.45, 2.75) is 6.42 Å². The molecule has 0 saturated carbocycles. The van der Waals surface area contributed by atoms with Gasteiger partial charge in [-0.2, -0.15) is 0 Å². The Morgan fingerprint density at radius 1 is 1.12 bits per heavy atom. The zero-order valence-electron chi connectivity index (χ0n) is 14.0. The van der Waals surface area contributed by atoms with E-state index in [1.807, 2.05) is 24.3 Å². The Bertz CT molecular complexity index is 933. The number of carbonyl (C=O) groups is 2. The molecule has 2 heterocycles. The molecule has 0 bridgehead atoms. The minimum atomic E-state index is -0.517. The lowest BCUT2D eigenvalue weighted by atomic mass is 10.1. The van der Waals surface area contributed by atoms with Crippen LogP contribution in [0.4, 0.5) is 5.69 Å². The molecule has 1 aliphatic rings. The number of carbonyl (C=O) groups excluding carboxylic acids is 2. The molecule has 0 spiro atoms. The molecule has 6 nitrogen and oxygen atoms in total. The van der Waals surface area contributed by atoms with E-state index >= 15 is 0 Å². The Balaban J connectivity index is 1.37. The zero-order valence-corrected chi connectivity index (χ0v) is 14.0. The van der Waals surface area contributed by atoms with E-state index in [9.17, 15) is 9.59 Å². The van der Waals surface area contributed by atoms with E-state index in [2.05, 4.69) is 9.97 Å². The summed E-state index contributed by atoms with van der Waals surface area (Å²) in [6, 6.07) is 14.7. The Morgan fingerprint density at radius 2 is 1.92 bits per heavy atom. The SMILES string of the molecule is O=C(OCC(=O)N1CCc2ccccc21)c1ccc(-c2ncc[nH]2)cc1. The van der Waals surface area contributed by atoms with Gasteiger partial charge in [-0.1, -0.05) is 30.3 Å². The van der Waals surface area contributed by atoms with Gasteiger partial charge in [0.15, 0.2) is 6.61 Å². The van der Waals surface area contributed by atoms with Crippen LogP contribution in [0.15, 0.2) is 60.9 Å². The van der Waals surface area contributed by atoms with Crippen molar-refractivity contribution in [3.05, 3.63) is 72.1 Å². The van der Waals surface area contributed by atoms with Crippen LogP contribution in [0.25, 0.3) is 11.4 Å². The van der Waals surface area contributed by atoms with Crippen LogP contribution >= 0.6 is 0 Å². The zero-order chi connectivity index (χ0) is 17.9. The van der Waals surface area contributed by atoms with Crippen molar-refractivity contribution in [1.82, 2.24) is 9.97 Å². The van der Waals surface area contributed by atoms with Crippen LogP contribution in [0.2, 0.25) is 0 Å². The highest BCUT2D eigenvalue weighted by atomic mass is 16.5. The second-order valence-electron chi connectivity index (χ2n) is 6.02. The standard InChI is InChI=1S/C20H17N3O3/c24-18(23-12-9-14-3-1-2-4-17(14)23)13-26-20(25)16-7-5-15(6-8-16)19-21-10-11-22-19/h1-8,10-11H,9,12-13H2,(H,21,22). The Labute approximate surface area is 150 Å². The van der Waals surface area contributed by atoms with Crippen LogP contribution in [0.5, 0.6) is 0 Å². The van der Waals surface area contributed by atoms with Gasteiger partial charge in [0.2, 0.25) is 0 Å². The van der Waals surface area contributed by atoms with Crippen molar-refractivity contribution < 1.29 is 14.3 Å². The maximum Gasteiger partial charge on any atom is 0.338 e. The summed E-state index contributed by atoms with van der Waals surface area (Å²) < 4.78 is 5.19. The highest BCUT2D eigenvalue weighted by Gasteiger charge is 2.25. The first kappa shape index (κ1) is 16.1. The number of amides is 1. The molecular weight excluding hydrogens is 330 g/mol. The molecule has 0 aliphatic carbocycles. The van der Waals surface area contributed by atoms with Gasteiger partial charge >= 0.3 is 5.97 Å². The number of benzene rings is 2. The predicted molar refractivity (Wildman–Crippen MR) is 96.8 cm³/mol. The van der Waals surface area contributed by atoms with Crippen molar-refractivity contribution >= 4 is 17.6 Å². The van der Waals surface area contributed by atoms with Gasteiger partial charge in [0.1, 0.15) is 5.82 Å². The number of aromatic nitrogens is 2. The van der Waals surface area contributed by atoms with Gasteiger partial charge in [0.05, 0.1) is 5.56 Å². The molecule has 2 aromatic carbocycles. The molecule has 1 N–H and O–H groups in total. The molecule has 0 saturated heterocycles. The maximum atomic E-state index is 12.4. The lowest BCUT2D eigenvalue weighted by Gasteiger charge is -2.17. The van der Waals surface area contributed by atoms with Gasteiger partial charge in [-0.25, -0.2) is 9.78 Å². The number of rotatable bonds is 4. The summed E-state index contributed by atoms with van der Waals surface area (Å²) in [6.45, 7) is 0.348. The average molecular weight is 347 g/mol. The van der Waals surface area contributed by atoms with Gasteiger partial charge in [0.25, 0.3) is 5.91 Å². The normalized spacial score (nSPS) is 12.7. The number of imidazole rings is 1. The fraction of sp³-hybridized carbons (Fsp3) is 0.150. The van der Waals surface area contributed by atoms with Crippen LogP contribution in [0.1, 0.15) is 15.9 Å². The maximum absolute atomic E-state index is 12.4. The Kier molecular flexibility index (Phi) is 4.23. The highest BCUT2D eigenvalue weighted by Crippen LogP contribution is 2.27. The van der Waals surface area contributed by atoms with Gasteiger partial charge in [0, 0.05) is 30.2 Å². The topological polar surface area (TPSA) is 75.3 Å². The molecule has 130 valence electrons. The molecule has 1 aromatic heterocycles. The summed E-state index contributed by atoms with van der Waals surface area (Å²) in [5.74, 6) is 0.000117. The van der Waals surface area contributed by atoms with E-state index in [1.165, 1.54) is 0 Å². The number of fused-ring (bicyclic) bond motifs is 1. The van der Waals surface area contributed by atoms with E-state index in [1.54, 1.807) is 41.6 Å². The minimum absolute atomic E-state index is 0.212. The number of nitrogens with zero attached hydrogens (tertiary/aromatic N) is 2. The van der Waals surface area contributed by atoms with Crippen molar-refractivity contribution in [1.29, 1.82) is 0 Å². The van der Waals surface area contributed by atoms with Gasteiger partial charge in [-0.3, -0.25) is 4.79 Å². The second-order valence-corrected chi connectivity index (χ2v) is 6.02. The van der Waals surface area contributed by atoms with Gasteiger partial charge < -0.3 is 14.6 Å². The summed E-state index contributed by atoms with van der Waals surface area (Å²) in [7, 11) is 0. The van der Waals surface area contributed by atoms with Crippen LogP contribution in [0, 0.1) is 0 Å². The summed E-state index contributed by atoms with van der Waals surface area (Å²) in [6.07, 6.45) is 4.23. The summed E-state index contributed by atoms with van der Waals surface area (Å²) >= 11 is 0. The number of ether oxygens (including phenoxy) is 1. The molecule has 0 atom stereocenters. The van der Waals surface area contributed by atoms with Crippen LogP contribution in [-0.2, 0) is 16.0 Å². The van der Waals surface area contributed by atoms with Crippen molar-refractivity contribution in [2.75, 3.05) is 18.1 Å². The Morgan fingerprint density at radius 3 is 2.69 bits per heavy atom. The molecule has 3 aromatic rings. The van der Waals surface area contributed by atoms with E-state index < -0.39 is 5.97 Å². The number of para-hydroxylation sites is 1. The summed E-state index contributed by atoms with van der Waals surface area (Å²) in [5, 5.41) is 0. The van der Waals surface area contributed by atoms with E-state index in [0.29, 0.717) is 12.1 Å². The fourth-order valence-corrected chi connectivity index (χ4v) is 3.07. The molecule has 1 aliphatic heterocycles. The average Bonchev–Trinajstić information content (AvgIpc) is 3.36. The number of nitrogens with one attached hydrogen (secondary N) is 1. The first-order valence-electron chi connectivity index (χ1n) is 8.37. The molecule has 26 heavy (non-hydrogen) atoms. The fourth-order valence-electron chi connectivity index (χ4n) is 3.07. The molecule has 0 unspecified atom stereocenters. The second kappa shape index (κ2) is 6.84. The number of aromatic amines is 1. The summed E-state index contributed by atoms with van der Waals surface area (Å²) in [4.78, 5) is 33.4. The van der Waals surface area contributed by atoms with Crippen molar-refractivity contribution in [3.63, 3.8) is 0 Å². The molecule has 4 rings (SSSR count). The van der Waals surface area contributed by atoms with E-state index in [4.69, 9.17) is 4.74 Å². The molecule has 6 heteroatoms. The van der Waals surface area contributed by atoms with Crippen molar-refractivity contribution in [2.24, 2.45) is 0 Å². The largest absolute Gasteiger partial charge is 0.452 e. The van der Waals surface area contributed by atoms with Crippen LogP contribution in [0.3, 0.4) is 0 Å². The number of H-pyrrole nitrogens is 1. The number of hydrogen-bond acceptors (Lipinski definition) is 4. The third kappa shape index (κ3) is 3.09. The third-order valence-corrected chi connectivity index (χ3v) is 4.41. The first-order chi connectivity index (χ1) is 12.7. The van der Waals surface area contributed by atoms with E-state index in [0.717, 1.165) is 29.1 Å². The van der Waals surface area contributed by atoms with Gasteiger partial charge in [-0.15, -0.1) is 0 Å². The first-order valence-corrected chi connectivity index (χ1v) is 8.37. The highest BCUT2D eigenvalue weighted by molar-refractivity contribution is 5.98. The molecular formula is C20H17N3O3. The van der Waals surface area contributed by atoms with Crippen LogP contribution in [-0.4, -0.2) is 35.0 Å². The predicted octanol–water partition coefficient (Wildman–Crippen LogP) is 2.82. The van der Waals surface area contributed by atoms with Gasteiger partial charge in [-0.05, 0) is 30.2 Å². The number of esters is 1. The monoisotopic (exact) mass is 347 g/mol. The number of anilines is 1. The Hall–Kier alpha value is -3.41. The van der Waals surface area contributed by atoms with Crippen LogP contribution < -0.4 is 4.90 Å². The molecule has 1 amide bonds. The number of hydrogen-bond donors (Lipinski definition) is 1. The van der Waals surface area contributed by atoms with Crippen molar-refractivity contribution in [3.8, 4) is 11.4 Å². The lowest BCUT2D eigenvalue weighted by Crippen LogP contribution is -2.33. The smallest absolute Gasteiger partial charge is 0.338 e. The van der Waals surface area contributed by atoms with E-state index in [-0.39, 0.29) is 12.5 Å². The molecule has 0 fully saturated rings. The summed E-state index contributed by atoms with van der Waals surface area (Å²) in [5.41, 5.74) is 3.31. The quantitative estimate of drug-likeness (QED) is 0.737. The lowest BCUT2D eigenvalue weighted by molar-refractivity contribution is -0.121.